The predicted molar refractivity (Wildman–Crippen MR) is 143 cm³/mol. The predicted octanol–water partition coefficient (Wildman–Crippen LogP) is 6.88. The van der Waals surface area contributed by atoms with Crippen LogP contribution in [0.3, 0.4) is 0 Å². The maximum atomic E-state index is 13.9. The summed E-state index contributed by atoms with van der Waals surface area (Å²) in [6.45, 7) is 2.36. The van der Waals surface area contributed by atoms with Crippen LogP contribution in [0.5, 0.6) is 11.5 Å². The standard InChI is InChI=1S/C29H25ClN2O5/c1-3-16-37-27-24(13-14-25(36-2)26(27)19-9-11-22(30)12-10-19)32(28(33)21-7-5-15-31-18-21)23-8-4-6-20(17-23)29(34)35/h4-15,17-18H,3,16H2,1-2H3,(H,34,35). The quantitative estimate of drug-likeness (QED) is 0.261. The van der Waals surface area contributed by atoms with Crippen molar-refractivity contribution in [3.63, 3.8) is 0 Å². The molecule has 0 saturated carbocycles. The number of rotatable bonds is 9. The molecule has 7 nitrogen and oxygen atoms in total. The molecule has 0 fully saturated rings. The molecule has 1 heterocycles. The van der Waals surface area contributed by atoms with Crippen LogP contribution in [0.4, 0.5) is 11.4 Å². The minimum atomic E-state index is -1.10. The third-order valence-electron chi connectivity index (χ3n) is 5.61. The number of pyridine rings is 1. The van der Waals surface area contributed by atoms with Gasteiger partial charge in [0.2, 0.25) is 0 Å². The molecule has 0 radical (unpaired) electrons. The molecule has 0 bridgehead atoms. The van der Waals surface area contributed by atoms with Gasteiger partial charge in [0.05, 0.1) is 41.8 Å². The molecule has 0 spiro atoms. The Morgan fingerprint density at radius 2 is 1.76 bits per heavy atom. The molecule has 1 amide bonds. The van der Waals surface area contributed by atoms with Gasteiger partial charge < -0.3 is 14.6 Å². The fourth-order valence-corrected chi connectivity index (χ4v) is 4.03. The number of benzene rings is 3. The summed E-state index contributed by atoms with van der Waals surface area (Å²) in [6.07, 6.45) is 3.77. The zero-order chi connectivity index (χ0) is 26.4. The van der Waals surface area contributed by atoms with Gasteiger partial charge in [0.25, 0.3) is 5.91 Å². The van der Waals surface area contributed by atoms with Crippen LogP contribution < -0.4 is 14.4 Å². The first kappa shape index (κ1) is 25.7. The second-order valence-electron chi connectivity index (χ2n) is 8.08. The summed E-state index contributed by atoms with van der Waals surface area (Å²) in [5.74, 6) is -0.536. The molecule has 0 unspecified atom stereocenters. The van der Waals surface area contributed by atoms with Crippen molar-refractivity contribution in [3.8, 4) is 22.6 Å². The first-order valence-electron chi connectivity index (χ1n) is 11.6. The Hall–Kier alpha value is -4.36. The molecule has 3 aromatic carbocycles. The van der Waals surface area contributed by atoms with E-state index in [0.29, 0.717) is 45.6 Å². The first-order valence-corrected chi connectivity index (χ1v) is 12.0. The van der Waals surface area contributed by atoms with Gasteiger partial charge in [0.15, 0.2) is 5.75 Å². The van der Waals surface area contributed by atoms with E-state index in [2.05, 4.69) is 4.98 Å². The molecule has 4 rings (SSSR count). The number of carbonyl (C=O) groups excluding carboxylic acids is 1. The number of carbonyl (C=O) groups is 2. The third kappa shape index (κ3) is 5.57. The average molecular weight is 517 g/mol. The van der Waals surface area contributed by atoms with E-state index in [9.17, 15) is 14.7 Å². The van der Waals surface area contributed by atoms with Crippen LogP contribution in [0.1, 0.15) is 34.1 Å². The van der Waals surface area contributed by atoms with Crippen molar-refractivity contribution < 1.29 is 24.2 Å². The number of ether oxygens (including phenoxy) is 2. The Kier molecular flexibility index (Phi) is 8.05. The summed E-state index contributed by atoms with van der Waals surface area (Å²) in [7, 11) is 1.56. The lowest BCUT2D eigenvalue weighted by Crippen LogP contribution is -2.27. The highest BCUT2D eigenvalue weighted by Gasteiger charge is 2.28. The largest absolute Gasteiger partial charge is 0.496 e. The SMILES string of the molecule is CCCOc1c(N(C(=O)c2cccnc2)c2cccc(C(=O)O)c2)ccc(OC)c1-c1ccc(Cl)cc1. The fraction of sp³-hybridized carbons (Fsp3) is 0.138. The highest BCUT2D eigenvalue weighted by Crippen LogP contribution is 2.47. The molecular formula is C29H25ClN2O5. The van der Waals surface area contributed by atoms with Crippen LogP contribution >= 0.6 is 11.6 Å². The van der Waals surface area contributed by atoms with Crippen LogP contribution in [0.2, 0.25) is 5.02 Å². The molecule has 8 heteroatoms. The van der Waals surface area contributed by atoms with Crippen LogP contribution in [-0.2, 0) is 0 Å². The van der Waals surface area contributed by atoms with E-state index >= 15 is 0 Å². The number of amides is 1. The minimum absolute atomic E-state index is 0.0453. The van der Waals surface area contributed by atoms with Gasteiger partial charge in [0, 0.05) is 17.4 Å². The van der Waals surface area contributed by atoms with E-state index in [1.165, 1.54) is 23.2 Å². The van der Waals surface area contributed by atoms with Crippen molar-refractivity contribution in [2.24, 2.45) is 0 Å². The van der Waals surface area contributed by atoms with Gasteiger partial charge in [-0.25, -0.2) is 4.79 Å². The van der Waals surface area contributed by atoms with Gasteiger partial charge in [-0.05, 0) is 66.6 Å². The summed E-state index contributed by atoms with van der Waals surface area (Å²) < 4.78 is 12.0. The van der Waals surface area contributed by atoms with Crippen LogP contribution in [0, 0.1) is 0 Å². The Morgan fingerprint density at radius 1 is 1.00 bits per heavy atom. The van der Waals surface area contributed by atoms with Crippen molar-refractivity contribution in [2.75, 3.05) is 18.6 Å². The number of carboxylic acids is 1. The van der Waals surface area contributed by atoms with Crippen LogP contribution in [0.25, 0.3) is 11.1 Å². The average Bonchev–Trinajstić information content (AvgIpc) is 2.93. The number of anilines is 2. The van der Waals surface area contributed by atoms with Gasteiger partial charge in [-0.15, -0.1) is 0 Å². The van der Waals surface area contributed by atoms with E-state index in [1.54, 1.807) is 61.8 Å². The van der Waals surface area contributed by atoms with Crippen molar-refractivity contribution in [1.29, 1.82) is 0 Å². The van der Waals surface area contributed by atoms with Crippen LogP contribution in [-0.4, -0.2) is 35.7 Å². The van der Waals surface area contributed by atoms with Crippen molar-refractivity contribution in [2.45, 2.75) is 13.3 Å². The minimum Gasteiger partial charge on any atom is -0.496 e. The molecule has 1 aromatic heterocycles. The number of nitrogens with zero attached hydrogens (tertiary/aromatic N) is 2. The molecule has 4 aromatic rings. The lowest BCUT2D eigenvalue weighted by Gasteiger charge is -2.28. The Balaban J connectivity index is 2.01. The number of hydrogen-bond donors (Lipinski definition) is 1. The highest BCUT2D eigenvalue weighted by molar-refractivity contribution is 6.30. The lowest BCUT2D eigenvalue weighted by molar-refractivity contribution is 0.0696. The van der Waals surface area contributed by atoms with Gasteiger partial charge in [-0.3, -0.25) is 14.7 Å². The summed E-state index contributed by atoms with van der Waals surface area (Å²) in [5, 5.41) is 10.2. The lowest BCUT2D eigenvalue weighted by atomic mass is 10.0. The van der Waals surface area contributed by atoms with Crippen LogP contribution in [0.15, 0.2) is 85.2 Å². The first-order chi connectivity index (χ1) is 17.9. The third-order valence-corrected chi connectivity index (χ3v) is 5.86. The summed E-state index contributed by atoms with van der Waals surface area (Å²) in [5.41, 5.74) is 2.58. The Morgan fingerprint density at radius 3 is 2.41 bits per heavy atom. The number of hydrogen-bond acceptors (Lipinski definition) is 5. The molecule has 0 aliphatic carbocycles. The fourth-order valence-electron chi connectivity index (χ4n) is 3.90. The van der Waals surface area contributed by atoms with Gasteiger partial charge in [-0.1, -0.05) is 36.7 Å². The second-order valence-corrected chi connectivity index (χ2v) is 8.52. The molecular weight excluding hydrogens is 492 g/mol. The monoisotopic (exact) mass is 516 g/mol. The highest BCUT2D eigenvalue weighted by atomic mass is 35.5. The molecule has 0 aliphatic rings. The van der Waals surface area contributed by atoms with Gasteiger partial charge >= 0.3 is 5.97 Å². The van der Waals surface area contributed by atoms with E-state index in [-0.39, 0.29) is 5.56 Å². The molecule has 37 heavy (non-hydrogen) atoms. The molecule has 0 aliphatic heterocycles. The normalized spacial score (nSPS) is 10.6. The molecule has 0 atom stereocenters. The van der Waals surface area contributed by atoms with E-state index in [4.69, 9.17) is 21.1 Å². The number of aromatic nitrogens is 1. The van der Waals surface area contributed by atoms with E-state index < -0.39 is 11.9 Å². The number of aromatic carboxylic acids is 1. The zero-order valence-corrected chi connectivity index (χ0v) is 21.1. The number of carboxylic acid groups (broad SMARTS) is 1. The Bertz CT molecular complexity index is 1410. The van der Waals surface area contributed by atoms with Crippen molar-refractivity contribution >= 4 is 34.9 Å². The summed E-state index contributed by atoms with van der Waals surface area (Å²) >= 11 is 6.14. The van der Waals surface area contributed by atoms with E-state index in [1.807, 2.05) is 19.1 Å². The summed E-state index contributed by atoms with van der Waals surface area (Å²) in [4.78, 5) is 31.2. The number of methoxy groups -OCH3 is 1. The maximum absolute atomic E-state index is 13.9. The Labute approximate surface area is 219 Å². The van der Waals surface area contributed by atoms with Gasteiger partial charge in [-0.2, -0.15) is 0 Å². The second kappa shape index (κ2) is 11.6. The molecule has 1 N–H and O–H groups in total. The number of halogens is 1. The smallest absolute Gasteiger partial charge is 0.335 e. The zero-order valence-electron chi connectivity index (χ0n) is 20.3. The molecule has 188 valence electrons. The van der Waals surface area contributed by atoms with Crippen molar-refractivity contribution in [1.82, 2.24) is 4.98 Å². The topological polar surface area (TPSA) is 89.0 Å². The maximum Gasteiger partial charge on any atom is 0.335 e. The molecule has 0 saturated heterocycles. The van der Waals surface area contributed by atoms with Crippen molar-refractivity contribution in [3.05, 3.63) is 101 Å². The summed E-state index contributed by atoms with van der Waals surface area (Å²) in [6, 6.07) is 20.2. The van der Waals surface area contributed by atoms with E-state index in [0.717, 1.165) is 12.0 Å². The van der Waals surface area contributed by atoms with Gasteiger partial charge in [0.1, 0.15) is 5.75 Å².